The third kappa shape index (κ3) is 1.94. The molecular weight excluding hydrogens is 231 g/mol. The van der Waals surface area contributed by atoms with Crippen molar-refractivity contribution in [2.24, 2.45) is 5.73 Å². The molecule has 0 aromatic heterocycles. The predicted molar refractivity (Wildman–Crippen MR) is 51.6 cm³/mol. The average molecular weight is 235 g/mol. The first kappa shape index (κ1) is 10.7. The van der Waals surface area contributed by atoms with Crippen molar-refractivity contribution in [2.45, 2.75) is 0 Å². The first-order valence-corrected chi connectivity index (χ1v) is 4.12. The SMILES string of the molecule is NC(=O)c1cc(Cl)cc([N+](=O)[O-])c1Cl. The quantitative estimate of drug-likeness (QED) is 0.628. The van der Waals surface area contributed by atoms with Gasteiger partial charge >= 0.3 is 0 Å². The number of benzene rings is 1. The number of amides is 1. The van der Waals surface area contributed by atoms with Crippen LogP contribution in [-0.4, -0.2) is 10.8 Å². The van der Waals surface area contributed by atoms with Gasteiger partial charge in [-0.05, 0) is 6.07 Å². The first-order valence-electron chi connectivity index (χ1n) is 3.36. The molecule has 0 atom stereocenters. The van der Waals surface area contributed by atoms with Crippen molar-refractivity contribution in [3.05, 3.63) is 37.9 Å². The molecule has 74 valence electrons. The van der Waals surface area contributed by atoms with Gasteiger partial charge in [0.15, 0.2) is 0 Å². The molecular formula is C7H4Cl2N2O3. The zero-order valence-corrected chi connectivity index (χ0v) is 8.17. The lowest BCUT2D eigenvalue weighted by Gasteiger charge is -2.01. The van der Waals surface area contributed by atoms with Crippen LogP contribution in [0.1, 0.15) is 10.4 Å². The van der Waals surface area contributed by atoms with Gasteiger partial charge in [-0.15, -0.1) is 0 Å². The predicted octanol–water partition coefficient (Wildman–Crippen LogP) is 2.00. The van der Waals surface area contributed by atoms with Gasteiger partial charge in [0.05, 0.1) is 10.5 Å². The maximum atomic E-state index is 10.8. The molecule has 0 spiro atoms. The molecule has 0 heterocycles. The highest BCUT2D eigenvalue weighted by Gasteiger charge is 2.20. The summed E-state index contributed by atoms with van der Waals surface area (Å²) >= 11 is 11.1. The fourth-order valence-electron chi connectivity index (χ4n) is 0.887. The van der Waals surface area contributed by atoms with E-state index in [4.69, 9.17) is 28.9 Å². The topological polar surface area (TPSA) is 86.2 Å². The van der Waals surface area contributed by atoms with Crippen molar-refractivity contribution in [2.75, 3.05) is 0 Å². The fraction of sp³-hybridized carbons (Fsp3) is 0. The molecule has 0 radical (unpaired) electrons. The van der Waals surface area contributed by atoms with Gasteiger partial charge in [0, 0.05) is 11.1 Å². The number of nitrogens with two attached hydrogens (primary N) is 1. The monoisotopic (exact) mass is 234 g/mol. The molecule has 14 heavy (non-hydrogen) atoms. The number of hydrogen-bond donors (Lipinski definition) is 1. The normalized spacial score (nSPS) is 9.86. The highest BCUT2D eigenvalue weighted by molar-refractivity contribution is 6.37. The van der Waals surface area contributed by atoms with Crippen LogP contribution in [0, 0.1) is 10.1 Å². The molecule has 0 unspecified atom stereocenters. The molecule has 7 heteroatoms. The van der Waals surface area contributed by atoms with Crippen molar-refractivity contribution in [3.8, 4) is 0 Å². The Balaban J connectivity index is 3.47. The number of hydrogen-bond acceptors (Lipinski definition) is 3. The lowest BCUT2D eigenvalue weighted by Crippen LogP contribution is -2.12. The van der Waals surface area contributed by atoms with Crippen LogP contribution in [0.2, 0.25) is 10.0 Å². The zero-order chi connectivity index (χ0) is 10.9. The van der Waals surface area contributed by atoms with E-state index >= 15 is 0 Å². The van der Waals surface area contributed by atoms with Crippen molar-refractivity contribution < 1.29 is 9.72 Å². The van der Waals surface area contributed by atoms with Crippen molar-refractivity contribution in [1.82, 2.24) is 0 Å². The second kappa shape index (κ2) is 3.81. The van der Waals surface area contributed by atoms with E-state index in [0.717, 1.165) is 6.07 Å². The van der Waals surface area contributed by atoms with E-state index < -0.39 is 16.5 Å². The Morgan fingerprint density at radius 2 is 2.00 bits per heavy atom. The highest BCUT2D eigenvalue weighted by Crippen LogP contribution is 2.31. The number of carbonyl (C=O) groups is 1. The second-order valence-corrected chi connectivity index (χ2v) is 3.22. The fourth-order valence-corrected chi connectivity index (χ4v) is 1.37. The molecule has 1 aromatic rings. The third-order valence-corrected chi connectivity index (χ3v) is 2.10. The van der Waals surface area contributed by atoms with Crippen LogP contribution in [0.25, 0.3) is 0 Å². The van der Waals surface area contributed by atoms with E-state index in [0.29, 0.717) is 0 Å². The van der Waals surface area contributed by atoms with Gasteiger partial charge in [0.1, 0.15) is 5.02 Å². The largest absolute Gasteiger partial charge is 0.366 e. The molecule has 1 aromatic carbocycles. The molecule has 0 fully saturated rings. The van der Waals surface area contributed by atoms with E-state index in [9.17, 15) is 14.9 Å². The Hall–Kier alpha value is -1.33. The molecule has 5 nitrogen and oxygen atoms in total. The smallest absolute Gasteiger partial charge is 0.290 e. The highest BCUT2D eigenvalue weighted by atomic mass is 35.5. The molecule has 1 amide bonds. The zero-order valence-electron chi connectivity index (χ0n) is 6.66. The standard InChI is InChI=1S/C7H4Cl2N2O3/c8-3-1-4(7(10)12)6(9)5(2-3)11(13)14/h1-2H,(H2,10,12). The van der Waals surface area contributed by atoms with Crippen LogP contribution < -0.4 is 5.73 Å². The number of nitrogens with zero attached hydrogens (tertiary/aromatic N) is 1. The first-order chi connectivity index (χ1) is 6.43. The van der Waals surface area contributed by atoms with Crippen molar-refractivity contribution in [1.29, 1.82) is 0 Å². The van der Waals surface area contributed by atoms with E-state index in [2.05, 4.69) is 0 Å². The Kier molecular flexibility index (Phi) is 2.93. The van der Waals surface area contributed by atoms with Gasteiger partial charge in [-0.25, -0.2) is 0 Å². The summed E-state index contributed by atoms with van der Waals surface area (Å²) in [5, 5.41) is 10.2. The molecule has 0 aliphatic rings. The van der Waals surface area contributed by atoms with Gasteiger partial charge < -0.3 is 5.73 Å². The number of rotatable bonds is 2. The van der Waals surface area contributed by atoms with Crippen LogP contribution in [0.4, 0.5) is 5.69 Å². The number of nitro benzene ring substituents is 1. The van der Waals surface area contributed by atoms with Crippen molar-refractivity contribution >= 4 is 34.8 Å². The summed E-state index contributed by atoms with van der Waals surface area (Å²) in [5.74, 6) is -0.861. The lowest BCUT2D eigenvalue weighted by molar-refractivity contribution is -0.384. The summed E-state index contributed by atoms with van der Waals surface area (Å²) in [6.45, 7) is 0. The van der Waals surface area contributed by atoms with E-state index in [1.807, 2.05) is 0 Å². The molecule has 1 rings (SSSR count). The van der Waals surface area contributed by atoms with Gasteiger partial charge in [-0.3, -0.25) is 14.9 Å². The van der Waals surface area contributed by atoms with Crippen LogP contribution in [0.15, 0.2) is 12.1 Å². The van der Waals surface area contributed by atoms with Gasteiger partial charge in [-0.1, -0.05) is 23.2 Å². The summed E-state index contributed by atoms with van der Waals surface area (Å²) in [6.07, 6.45) is 0. The van der Waals surface area contributed by atoms with Crippen LogP contribution in [0.5, 0.6) is 0 Å². The second-order valence-electron chi connectivity index (χ2n) is 2.41. The minimum Gasteiger partial charge on any atom is -0.366 e. The third-order valence-electron chi connectivity index (χ3n) is 1.48. The lowest BCUT2D eigenvalue weighted by atomic mass is 10.2. The number of nitro groups is 1. The molecule has 0 aliphatic heterocycles. The number of primary amides is 1. The maximum absolute atomic E-state index is 10.8. The Morgan fingerprint density at radius 1 is 1.43 bits per heavy atom. The molecule has 0 saturated heterocycles. The molecule has 0 saturated carbocycles. The molecule has 0 bridgehead atoms. The Bertz CT molecular complexity index is 384. The summed E-state index contributed by atoms with van der Waals surface area (Å²) < 4.78 is 0. The average Bonchev–Trinajstić information content (AvgIpc) is 2.07. The van der Waals surface area contributed by atoms with Crippen LogP contribution in [-0.2, 0) is 0 Å². The summed E-state index contributed by atoms with van der Waals surface area (Å²) in [4.78, 5) is 20.5. The Morgan fingerprint density at radius 3 is 2.43 bits per heavy atom. The van der Waals surface area contributed by atoms with Gasteiger partial charge in [0.2, 0.25) is 0 Å². The summed E-state index contributed by atoms with van der Waals surface area (Å²) in [6, 6.07) is 2.23. The van der Waals surface area contributed by atoms with E-state index in [1.165, 1.54) is 6.07 Å². The minimum absolute atomic E-state index is 0.0369. The van der Waals surface area contributed by atoms with Crippen molar-refractivity contribution in [3.63, 3.8) is 0 Å². The van der Waals surface area contributed by atoms with Gasteiger partial charge in [-0.2, -0.15) is 0 Å². The van der Waals surface area contributed by atoms with E-state index in [1.54, 1.807) is 0 Å². The van der Waals surface area contributed by atoms with Crippen LogP contribution in [0.3, 0.4) is 0 Å². The number of halogens is 2. The number of carbonyl (C=O) groups excluding carboxylic acids is 1. The summed E-state index contributed by atoms with van der Waals surface area (Å²) in [5.41, 5.74) is 4.35. The van der Waals surface area contributed by atoms with E-state index in [-0.39, 0.29) is 15.6 Å². The molecule has 2 N–H and O–H groups in total. The van der Waals surface area contributed by atoms with Gasteiger partial charge in [0.25, 0.3) is 11.6 Å². The molecule has 0 aliphatic carbocycles. The minimum atomic E-state index is -0.861. The maximum Gasteiger partial charge on any atom is 0.290 e. The Labute approximate surface area is 88.6 Å². The summed E-state index contributed by atoms with van der Waals surface area (Å²) in [7, 11) is 0. The van der Waals surface area contributed by atoms with Crippen LogP contribution >= 0.6 is 23.2 Å².